The Hall–Kier alpha value is -0.420. The highest BCUT2D eigenvalue weighted by molar-refractivity contribution is 5.07. The lowest BCUT2D eigenvalue weighted by atomic mass is 10.2. The molecule has 2 aliphatic rings. The van der Waals surface area contributed by atoms with Crippen molar-refractivity contribution in [1.29, 1.82) is 0 Å². The van der Waals surface area contributed by atoms with E-state index in [1.54, 1.807) is 7.11 Å². The van der Waals surface area contributed by atoms with Crippen LogP contribution in [0.15, 0.2) is 12.2 Å². The molecule has 1 saturated heterocycles. The molecule has 0 aromatic heterocycles. The molecule has 1 fully saturated rings. The minimum absolute atomic E-state index is 0.258. The van der Waals surface area contributed by atoms with Gasteiger partial charge >= 0.3 is 0 Å². The second-order valence-electron chi connectivity index (χ2n) is 4.37. The molecule has 1 spiro atoms. The quantitative estimate of drug-likeness (QED) is 0.679. The van der Waals surface area contributed by atoms with Crippen LogP contribution in [-0.2, 0) is 14.2 Å². The van der Waals surface area contributed by atoms with Gasteiger partial charge in [-0.05, 0) is 25.1 Å². The summed E-state index contributed by atoms with van der Waals surface area (Å²) in [6, 6.07) is 0. The third-order valence-electron chi connectivity index (χ3n) is 3.08. The van der Waals surface area contributed by atoms with Crippen LogP contribution < -0.4 is 0 Å². The van der Waals surface area contributed by atoms with Gasteiger partial charge in [0.15, 0.2) is 6.29 Å². The zero-order valence-corrected chi connectivity index (χ0v) is 10.1. The lowest BCUT2D eigenvalue weighted by Gasteiger charge is -2.39. The average Bonchev–Trinajstić information content (AvgIpc) is 2.70. The highest BCUT2D eigenvalue weighted by atomic mass is 16.8. The number of morpholine rings is 1. The zero-order chi connectivity index (χ0) is 11.4. The standard InChI is InChI=1S/C12H21NO3/c1-3-4-7-13-8-9-15-12(10-13)6-5-11(14-2)16-12/h5-6,11H,3-4,7-10H2,1-2H3. The fourth-order valence-corrected chi connectivity index (χ4v) is 2.16. The second-order valence-corrected chi connectivity index (χ2v) is 4.37. The van der Waals surface area contributed by atoms with Crippen LogP contribution in [0.25, 0.3) is 0 Å². The Balaban J connectivity index is 1.89. The summed E-state index contributed by atoms with van der Waals surface area (Å²) in [6.07, 6.45) is 6.10. The lowest BCUT2D eigenvalue weighted by Crippen LogP contribution is -2.52. The topological polar surface area (TPSA) is 30.9 Å². The molecule has 0 radical (unpaired) electrons. The Labute approximate surface area is 97.2 Å². The molecule has 4 heteroatoms. The molecule has 2 atom stereocenters. The predicted molar refractivity (Wildman–Crippen MR) is 61.1 cm³/mol. The maximum Gasteiger partial charge on any atom is 0.204 e. The Morgan fingerprint density at radius 1 is 1.56 bits per heavy atom. The van der Waals surface area contributed by atoms with E-state index in [0.717, 1.165) is 26.2 Å². The molecule has 92 valence electrons. The van der Waals surface area contributed by atoms with E-state index in [0.29, 0.717) is 0 Å². The molecule has 0 aromatic rings. The molecule has 0 bridgehead atoms. The van der Waals surface area contributed by atoms with Crippen molar-refractivity contribution < 1.29 is 14.2 Å². The lowest BCUT2D eigenvalue weighted by molar-refractivity contribution is -0.274. The van der Waals surface area contributed by atoms with Gasteiger partial charge in [0, 0.05) is 13.7 Å². The van der Waals surface area contributed by atoms with Crippen molar-refractivity contribution in [1.82, 2.24) is 4.90 Å². The molecule has 0 aliphatic carbocycles. The van der Waals surface area contributed by atoms with Crippen molar-refractivity contribution in [3.63, 3.8) is 0 Å². The van der Waals surface area contributed by atoms with Gasteiger partial charge in [-0.1, -0.05) is 13.3 Å². The molecular weight excluding hydrogens is 206 g/mol. The number of ether oxygens (including phenoxy) is 3. The van der Waals surface area contributed by atoms with Gasteiger partial charge in [-0.2, -0.15) is 0 Å². The van der Waals surface area contributed by atoms with E-state index in [1.165, 1.54) is 12.8 Å². The van der Waals surface area contributed by atoms with E-state index in [2.05, 4.69) is 11.8 Å². The normalized spacial score (nSPS) is 35.0. The predicted octanol–water partition coefficient (Wildman–Crippen LogP) is 1.37. The van der Waals surface area contributed by atoms with E-state index < -0.39 is 5.79 Å². The Morgan fingerprint density at radius 3 is 3.12 bits per heavy atom. The number of nitrogens with zero attached hydrogens (tertiary/aromatic N) is 1. The molecular formula is C12H21NO3. The van der Waals surface area contributed by atoms with Crippen LogP contribution in [0.2, 0.25) is 0 Å². The van der Waals surface area contributed by atoms with E-state index in [4.69, 9.17) is 14.2 Å². The van der Waals surface area contributed by atoms with E-state index >= 15 is 0 Å². The summed E-state index contributed by atoms with van der Waals surface area (Å²) in [6.45, 7) is 5.87. The van der Waals surface area contributed by atoms with Crippen LogP contribution >= 0.6 is 0 Å². The number of rotatable bonds is 4. The van der Waals surface area contributed by atoms with Crippen molar-refractivity contribution in [3.8, 4) is 0 Å². The molecule has 2 heterocycles. The molecule has 16 heavy (non-hydrogen) atoms. The van der Waals surface area contributed by atoms with Gasteiger partial charge in [0.25, 0.3) is 0 Å². The first kappa shape index (κ1) is 12.0. The third-order valence-corrected chi connectivity index (χ3v) is 3.08. The van der Waals surface area contributed by atoms with E-state index in [-0.39, 0.29) is 6.29 Å². The SMILES string of the molecule is CCCCN1CCOC2(C=CC(OC)O2)C1. The monoisotopic (exact) mass is 227 g/mol. The van der Waals surface area contributed by atoms with Crippen molar-refractivity contribution >= 4 is 0 Å². The fraction of sp³-hybridized carbons (Fsp3) is 0.833. The van der Waals surface area contributed by atoms with Crippen molar-refractivity contribution in [3.05, 3.63) is 12.2 Å². The number of hydrogen-bond donors (Lipinski definition) is 0. The Bertz CT molecular complexity index is 257. The maximum absolute atomic E-state index is 5.75. The third kappa shape index (κ3) is 2.63. The molecule has 2 rings (SSSR count). The zero-order valence-electron chi connectivity index (χ0n) is 10.1. The minimum atomic E-state index is -0.563. The molecule has 0 saturated carbocycles. The summed E-state index contributed by atoms with van der Waals surface area (Å²) in [7, 11) is 1.64. The van der Waals surface area contributed by atoms with Crippen LogP contribution in [-0.4, -0.2) is 50.3 Å². The molecule has 2 aliphatic heterocycles. The van der Waals surface area contributed by atoms with Gasteiger partial charge < -0.3 is 14.2 Å². The maximum atomic E-state index is 5.75. The van der Waals surface area contributed by atoms with Crippen molar-refractivity contribution in [2.45, 2.75) is 31.8 Å². The summed E-state index contributed by atoms with van der Waals surface area (Å²) in [5, 5.41) is 0. The van der Waals surface area contributed by atoms with Gasteiger partial charge in [-0.15, -0.1) is 0 Å². The molecule has 0 N–H and O–H groups in total. The van der Waals surface area contributed by atoms with Crippen LogP contribution in [0.5, 0.6) is 0 Å². The molecule has 0 aromatic carbocycles. The highest BCUT2D eigenvalue weighted by Gasteiger charge is 2.40. The molecule has 2 unspecified atom stereocenters. The second kappa shape index (κ2) is 5.27. The minimum Gasteiger partial charge on any atom is -0.352 e. The van der Waals surface area contributed by atoms with E-state index in [9.17, 15) is 0 Å². The number of methoxy groups -OCH3 is 1. The highest BCUT2D eigenvalue weighted by Crippen LogP contribution is 2.29. The van der Waals surface area contributed by atoms with Crippen LogP contribution in [0.1, 0.15) is 19.8 Å². The van der Waals surface area contributed by atoms with Gasteiger partial charge in [-0.25, -0.2) is 0 Å². The first-order chi connectivity index (χ1) is 7.78. The molecule has 4 nitrogen and oxygen atoms in total. The summed E-state index contributed by atoms with van der Waals surface area (Å²) in [5.41, 5.74) is 0. The van der Waals surface area contributed by atoms with Crippen LogP contribution in [0.4, 0.5) is 0 Å². The van der Waals surface area contributed by atoms with Crippen molar-refractivity contribution in [2.75, 3.05) is 33.4 Å². The van der Waals surface area contributed by atoms with Crippen molar-refractivity contribution in [2.24, 2.45) is 0 Å². The number of hydrogen-bond acceptors (Lipinski definition) is 4. The Morgan fingerprint density at radius 2 is 2.44 bits per heavy atom. The van der Waals surface area contributed by atoms with Gasteiger partial charge in [0.1, 0.15) is 0 Å². The summed E-state index contributed by atoms with van der Waals surface area (Å²) < 4.78 is 16.6. The van der Waals surface area contributed by atoms with Crippen LogP contribution in [0, 0.1) is 0 Å². The first-order valence-corrected chi connectivity index (χ1v) is 6.04. The van der Waals surface area contributed by atoms with Gasteiger partial charge in [-0.3, -0.25) is 4.90 Å². The number of unbranched alkanes of at least 4 members (excludes halogenated alkanes) is 1. The fourth-order valence-electron chi connectivity index (χ4n) is 2.16. The summed E-state index contributed by atoms with van der Waals surface area (Å²) in [5.74, 6) is -0.563. The first-order valence-electron chi connectivity index (χ1n) is 6.04. The average molecular weight is 227 g/mol. The molecule has 0 amide bonds. The largest absolute Gasteiger partial charge is 0.352 e. The summed E-state index contributed by atoms with van der Waals surface area (Å²) >= 11 is 0. The Kier molecular flexibility index (Phi) is 3.97. The van der Waals surface area contributed by atoms with Gasteiger partial charge in [0.2, 0.25) is 5.79 Å². The van der Waals surface area contributed by atoms with Gasteiger partial charge in [0.05, 0.1) is 13.2 Å². The summed E-state index contributed by atoms with van der Waals surface area (Å²) in [4.78, 5) is 2.40. The van der Waals surface area contributed by atoms with Crippen LogP contribution in [0.3, 0.4) is 0 Å². The smallest absolute Gasteiger partial charge is 0.204 e. The van der Waals surface area contributed by atoms with E-state index in [1.807, 2.05) is 12.2 Å².